The molecule has 1 aromatic carbocycles. The standard InChI is InChI=1S/C13H10BrN5/c1-15-12-8(13-10(14)6-16-19(13)3)4-5-11-9(12)7-18(2)17-11/h4-7H,2-3H3. The highest BCUT2D eigenvalue weighted by Gasteiger charge is 2.16. The second kappa shape index (κ2) is 4.21. The Morgan fingerprint density at radius 3 is 2.74 bits per heavy atom. The molecule has 0 fully saturated rings. The zero-order chi connectivity index (χ0) is 13.6. The maximum Gasteiger partial charge on any atom is 0.207 e. The summed E-state index contributed by atoms with van der Waals surface area (Å²) in [6.07, 6.45) is 3.60. The Morgan fingerprint density at radius 2 is 2.11 bits per heavy atom. The van der Waals surface area contributed by atoms with E-state index in [2.05, 4.69) is 31.0 Å². The van der Waals surface area contributed by atoms with Crippen molar-refractivity contribution in [1.82, 2.24) is 19.6 Å². The predicted molar refractivity (Wildman–Crippen MR) is 76.9 cm³/mol. The van der Waals surface area contributed by atoms with E-state index in [4.69, 9.17) is 6.57 Å². The molecular weight excluding hydrogens is 306 g/mol. The number of hydrogen-bond acceptors (Lipinski definition) is 2. The van der Waals surface area contributed by atoms with Gasteiger partial charge in [0.15, 0.2) is 0 Å². The van der Waals surface area contributed by atoms with Gasteiger partial charge in [0.25, 0.3) is 0 Å². The van der Waals surface area contributed by atoms with Crippen LogP contribution in [0.2, 0.25) is 0 Å². The SMILES string of the molecule is [C-]#[N+]c1c(-c2c(Br)cnn2C)ccc2nn(C)cc12. The largest absolute Gasteiger partial charge is 0.276 e. The van der Waals surface area contributed by atoms with E-state index in [0.717, 1.165) is 26.6 Å². The molecule has 0 spiro atoms. The number of nitrogens with zero attached hydrogens (tertiary/aromatic N) is 5. The zero-order valence-electron chi connectivity index (χ0n) is 10.4. The average Bonchev–Trinajstić information content (AvgIpc) is 2.90. The van der Waals surface area contributed by atoms with Gasteiger partial charge in [0.1, 0.15) is 0 Å². The van der Waals surface area contributed by atoms with E-state index in [1.165, 1.54) is 0 Å². The molecule has 2 aromatic heterocycles. The Labute approximate surface area is 118 Å². The third kappa shape index (κ3) is 1.74. The predicted octanol–water partition coefficient (Wildman–Crippen LogP) is 3.29. The first-order chi connectivity index (χ1) is 9.11. The zero-order valence-corrected chi connectivity index (χ0v) is 12.0. The van der Waals surface area contributed by atoms with Crippen LogP contribution in [0.25, 0.3) is 27.0 Å². The van der Waals surface area contributed by atoms with E-state index in [9.17, 15) is 0 Å². The summed E-state index contributed by atoms with van der Waals surface area (Å²) >= 11 is 3.48. The van der Waals surface area contributed by atoms with E-state index >= 15 is 0 Å². The Kier molecular flexibility index (Phi) is 2.64. The minimum absolute atomic E-state index is 0.606. The number of aryl methyl sites for hydroxylation is 2. The summed E-state index contributed by atoms with van der Waals surface area (Å²) in [5.41, 5.74) is 3.20. The van der Waals surface area contributed by atoms with E-state index < -0.39 is 0 Å². The van der Waals surface area contributed by atoms with Crippen LogP contribution in [0.5, 0.6) is 0 Å². The van der Waals surface area contributed by atoms with Crippen molar-refractivity contribution in [2.24, 2.45) is 14.1 Å². The molecular formula is C13H10BrN5. The fourth-order valence-corrected chi connectivity index (χ4v) is 2.78. The highest BCUT2D eigenvalue weighted by atomic mass is 79.9. The lowest BCUT2D eigenvalue weighted by Crippen LogP contribution is -1.94. The maximum atomic E-state index is 7.46. The number of rotatable bonds is 1. The minimum atomic E-state index is 0.606. The Bertz CT molecular complexity index is 802. The Hall–Kier alpha value is -2.13. The van der Waals surface area contributed by atoms with E-state index in [0.29, 0.717) is 5.69 Å². The monoisotopic (exact) mass is 315 g/mol. The van der Waals surface area contributed by atoms with Crippen LogP contribution in [0.4, 0.5) is 5.69 Å². The molecule has 0 N–H and O–H groups in total. The van der Waals surface area contributed by atoms with Crippen LogP contribution in [0.3, 0.4) is 0 Å². The van der Waals surface area contributed by atoms with Gasteiger partial charge in [-0.25, -0.2) is 4.85 Å². The summed E-state index contributed by atoms with van der Waals surface area (Å²) in [5, 5.41) is 9.39. The van der Waals surface area contributed by atoms with Gasteiger partial charge < -0.3 is 0 Å². The van der Waals surface area contributed by atoms with Gasteiger partial charge in [-0.1, -0.05) is 6.07 Å². The number of hydrogen-bond donors (Lipinski definition) is 0. The van der Waals surface area contributed by atoms with Crippen LogP contribution in [-0.4, -0.2) is 19.6 Å². The fourth-order valence-electron chi connectivity index (χ4n) is 2.22. The van der Waals surface area contributed by atoms with Crippen molar-refractivity contribution in [3.8, 4) is 11.3 Å². The van der Waals surface area contributed by atoms with Gasteiger partial charge in [-0.05, 0) is 22.0 Å². The fraction of sp³-hybridized carbons (Fsp3) is 0.154. The van der Waals surface area contributed by atoms with Gasteiger partial charge in [0.05, 0.1) is 28.5 Å². The molecule has 3 rings (SSSR count). The summed E-state index contributed by atoms with van der Waals surface area (Å²) in [7, 11) is 3.72. The quantitative estimate of drug-likeness (QED) is 0.646. The first-order valence-corrected chi connectivity index (χ1v) is 6.43. The maximum absolute atomic E-state index is 7.46. The van der Waals surface area contributed by atoms with Crippen LogP contribution >= 0.6 is 15.9 Å². The van der Waals surface area contributed by atoms with Crippen molar-refractivity contribution in [1.29, 1.82) is 0 Å². The molecule has 0 aliphatic rings. The molecule has 6 heteroatoms. The molecule has 0 unspecified atom stereocenters. The first kappa shape index (κ1) is 11.9. The summed E-state index contributed by atoms with van der Waals surface area (Å²) in [4.78, 5) is 3.68. The van der Waals surface area contributed by atoms with Crippen molar-refractivity contribution in [2.75, 3.05) is 0 Å². The van der Waals surface area contributed by atoms with Crippen molar-refractivity contribution < 1.29 is 0 Å². The number of halogens is 1. The van der Waals surface area contributed by atoms with E-state index in [-0.39, 0.29) is 0 Å². The van der Waals surface area contributed by atoms with Gasteiger partial charge >= 0.3 is 0 Å². The smallest absolute Gasteiger partial charge is 0.207 e. The summed E-state index contributed by atoms with van der Waals surface area (Å²) < 4.78 is 4.36. The third-order valence-corrected chi connectivity index (χ3v) is 3.62. The minimum Gasteiger partial charge on any atom is -0.276 e. The van der Waals surface area contributed by atoms with Gasteiger partial charge in [-0.3, -0.25) is 9.36 Å². The molecule has 0 saturated heterocycles. The second-order valence-electron chi connectivity index (χ2n) is 4.27. The van der Waals surface area contributed by atoms with Crippen LogP contribution in [-0.2, 0) is 14.1 Å². The highest BCUT2D eigenvalue weighted by Crippen LogP contribution is 2.39. The average molecular weight is 316 g/mol. The lowest BCUT2D eigenvalue weighted by atomic mass is 10.1. The molecule has 94 valence electrons. The van der Waals surface area contributed by atoms with Crippen LogP contribution in [0.1, 0.15) is 0 Å². The van der Waals surface area contributed by atoms with Crippen molar-refractivity contribution >= 4 is 32.5 Å². The van der Waals surface area contributed by atoms with Crippen LogP contribution in [0.15, 0.2) is 29.0 Å². The molecule has 19 heavy (non-hydrogen) atoms. The van der Waals surface area contributed by atoms with Crippen molar-refractivity contribution in [2.45, 2.75) is 0 Å². The van der Waals surface area contributed by atoms with Gasteiger partial charge in [-0.2, -0.15) is 10.2 Å². The lowest BCUT2D eigenvalue weighted by molar-refractivity contribution is 0.776. The topological polar surface area (TPSA) is 40.0 Å². The Morgan fingerprint density at radius 1 is 1.32 bits per heavy atom. The molecule has 2 heterocycles. The van der Waals surface area contributed by atoms with Gasteiger partial charge in [-0.15, -0.1) is 0 Å². The number of aromatic nitrogens is 4. The molecule has 0 aliphatic carbocycles. The van der Waals surface area contributed by atoms with Gasteiger partial charge in [0, 0.05) is 31.2 Å². The number of benzene rings is 1. The third-order valence-electron chi connectivity index (χ3n) is 3.04. The van der Waals surface area contributed by atoms with E-state index in [1.54, 1.807) is 15.6 Å². The molecule has 0 bridgehead atoms. The van der Waals surface area contributed by atoms with E-state index in [1.807, 2.05) is 32.4 Å². The van der Waals surface area contributed by atoms with Crippen molar-refractivity contribution in [3.05, 3.63) is 40.4 Å². The molecule has 0 radical (unpaired) electrons. The molecule has 3 aromatic rings. The molecule has 0 saturated carbocycles. The number of fused-ring (bicyclic) bond motifs is 1. The molecule has 0 amide bonds. The molecule has 0 aliphatic heterocycles. The van der Waals surface area contributed by atoms with Gasteiger partial charge in [0.2, 0.25) is 5.69 Å². The van der Waals surface area contributed by atoms with Crippen molar-refractivity contribution in [3.63, 3.8) is 0 Å². The summed E-state index contributed by atoms with van der Waals surface area (Å²) in [6.45, 7) is 7.46. The molecule has 5 nitrogen and oxygen atoms in total. The molecule has 0 atom stereocenters. The summed E-state index contributed by atoms with van der Waals surface area (Å²) in [5.74, 6) is 0. The first-order valence-electron chi connectivity index (χ1n) is 5.63. The highest BCUT2D eigenvalue weighted by molar-refractivity contribution is 9.10. The van der Waals surface area contributed by atoms with Crippen LogP contribution < -0.4 is 0 Å². The lowest BCUT2D eigenvalue weighted by Gasteiger charge is -2.06. The summed E-state index contributed by atoms with van der Waals surface area (Å²) in [6, 6.07) is 3.85. The normalized spacial score (nSPS) is 10.8. The second-order valence-corrected chi connectivity index (χ2v) is 5.13. The van der Waals surface area contributed by atoms with Crippen LogP contribution in [0, 0.1) is 6.57 Å². The Balaban J connectivity index is 2.40.